The Bertz CT molecular complexity index is 3310. The molecule has 52 heavy (non-hydrogen) atoms. The molecule has 0 atom stereocenters. The van der Waals surface area contributed by atoms with Crippen LogP contribution in [-0.4, -0.2) is 15.0 Å². The van der Waals surface area contributed by atoms with E-state index >= 15 is 0 Å². The smallest absolute Gasteiger partial charge is 0.164 e. The van der Waals surface area contributed by atoms with E-state index in [2.05, 4.69) is 120 Å². The zero-order valence-corrected chi connectivity index (χ0v) is 28.3. The summed E-state index contributed by atoms with van der Waals surface area (Å²) in [6.07, 6.45) is 0. The summed E-state index contributed by atoms with van der Waals surface area (Å²) in [4.78, 5) is 17.1. The van der Waals surface area contributed by atoms with Gasteiger partial charge in [-0.1, -0.05) is 133 Å². The molecule has 242 valence electrons. The predicted octanol–water partition coefficient (Wildman–Crippen LogP) is 13.0. The fourth-order valence-electron chi connectivity index (χ4n) is 7.58. The first kappa shape index (κ1) is 24.5. The lowest BCUT2D eigenvalue weighted by atomic mass is 9.90. The van der Waals surface area contributed by atoms with Crippen LogP contribution >= 0.6 is 11.3 Å². The Balaban J connectivity index is 1.14. The molecule has 0 amide bonds. The van der Waals surface area contributed by atoms with Crippen molar-refractivity contribution in [3.8, 4) is 45.3 Å². The van der Waals surface area contributed by atoms with Gasteiger partial charge in [-0.15, -0.1) is 11.3 Å². The molecule has 0 unspecified atom stereocenters. The number of anilines is 3. The Labute approximate surface area is 311 Å². The number of fused-ring (bicyclic) bond motifs is 6. The third kappa shape index (κ3) is 4.50. The maximum absolute atomic E-state index is 8.82. The van der Waals surface area contributed by atoms with E-state index in [9.17, 15) is 0 Å². The lowest BCUT2D eigenvalue weighted by Crippen LogP contribution is -2.15. The van der Waals surface area contributed by atoms with Crippen LogP contribution in [0.15, 0.2) is 170 Å². The number of nitrogens with zero attached hydrogens (tertiary/aromatic N) is 4. The highest BCUT2D eigenvalue weighted by molar-refractivity contribution is 7.25. The van der Waals surface area contributed by atoms with Crippen LogP contribution in [0.25, 0.3) is 87.0 Å². The number of para-hydroxylation sites is 1. The number of hydrogen-bond acceptors (Lipinski definition) is 5. The molecule has 0 aliphatic carbocycles. The third-order valence-electron chi connectivity index (χ3n) is 9.91. The van der Waals surface area contributed by atoms with E-state index in [0.29, 0.717) is 17.2 Å². The summed E-state index contributed by atoms with van der Waals surface area (Å²) in [5.74, 6) is 0.661. The monoisotopic (exact) mass is 685 g/mol. The van der Waals surface area contributed by atoms with Crippen LogP contribution in [-0.2, 0) is 0 Å². The molecule has 0 saturated carbocycles. The van der Waals surface area contributed by atoms with Gasteiger partial charge >= 0.3 is 0 Å². The number of rotatable bonds is 4. The third-order valence-corrected chi connectivity index (χ3v) is 11.0. The van der Waals surface area contributed by atoms with Crippen molar-refractivity contribution in [3.63, 3.8) is 0 Å². The van der Waals surface area contributed by atoms with E-state index in [1.54, 1.807) is 11.3 Å². The minimum Gasteiger partial charge on any atom is -0.309 e. The van der Waals surface area contributed by atoms with Gasteiger partial charge in [-0.25, -0.2) is 15.0 Å². The van der Waals surface area contributed by atoms with Crippen molar-refractivity contribution >= 4 is 70.1 Å². The molecule has 2 aromatic heterocycles. The van der Waals surface area contributed by atoms with Crippen molar-refractivity contribution in [2.75, 3.05) is 4.90 Å². The average Bonchev–Trinajstić information content (AvgIpc) is 3.63. The Morgan fingerprint density at radius 3 is 1.94 bits per heavy atom. The summed E-state index contributed by atoms with van der Waals surface area (Å²) in [6, 6.07) is 46.0. The highest BCUT2D eigenvalue weighted by Gasteiger charge is 2.26. The van der Waals surface area contributed by atoms with E-state index in [1.165, 1.54) is 21.0 Å². The number of aromatic nitrogens is 3. The van der Waals surface area contributed by atoms with E-state index in [4.69, 9.17) is 21.8 Å². The molecule has 0 fully saturated rings. The molecule has 0 N–H and O–H groups in total. The standard InChI is InChI=1S/C47H28N4S/c1-2-11-31(12-3-1)45-48-46(50-47(49-45)33-25-26-36-35-17-5-7-22-42(35)52-43(36)28-33)32-24-23-29-13-9-20-40(38(29)27-32)51-39-19-6-4-16-34(39)37-18-8-14-30-15-10-21-41(51)44(30)37/h1-28H/i1D,2D,3D,11D,12D. The van der Waals surface area contributed by atoms with Crippen molar-refractivity contribution in [1.82, 2.24) is 15.0 Å². The van der Waals surface area contributed by atoms with Crippen LogP contribution in [0.3, 0.4) is 0 Å². The van der Waals surface area contributed by atoms with Gasteiger partial charge in [0.2, 0.25) is 0 Å². The minimum atomic E-state index is -0.474. The van der Waals surface area contributed by atoms with Gasteiger partial charge in [-0.2, -0.15) is 0 Å². The summed E-state index contributed by atoms with van der Waals surface area (Å²) in [7, 11) is 0. The molecule has 1 aliphatic rings. The van der Waals surface area contributed by atoms with Crippen molar-refractivity contribution < 1.29 is 6.85 Å². The van der Waals surface area contributed by atoms with Gasteiger partial charge in [0.15, 0.2) is 17.5 Å². The highest BCUT2D eigenvalue weighted by Crippen LogP contribution is 2.52. The van der Waals surface area contributed by atoms with Gasteiger partial charge < -0.3 is 4.90 Å². The number of hydrogen-bond donors (Lipinski definition) is 0. The lowest BCUT2D eigenvalue weighted by molar-refractivity contribution is 1.08. The topological polar surface area (TPSA) is 41.9 Å². The molecule has 0 radical (unpaired) electrons. The van der Waals surface area contributed by atoms with E-state index in [0.717, 1.165) is 54.4 Å². The van der Waals surface area contributed by atoms with Crippen molar-refractivity contribution in [3.05, 3.63) is 170 Å². The lowest BCUT2D eigenvalue weighted by Gasteiger charge is -2.34. The quantitative estimate of drug-likeness (QED) is 0.185. The molecule has 0 spiro atoms. The minimum absolute atomic E-state index is 0.00469. The first-order chi connectivity index (χ1) is 27.8. The van der Waals surface area contributed by atoms with E-state index < -0.39 is 18.1 Å². The van der Waals surface area contributed by atoms with Crippen LogP contribution in [0.1, 0.15) is 6.85 Å². The zero-order valence-electron chi connectivity index (χ0n) is 32.5. The van der Waals surface area contributed by atoms with Crippen LogP contribution < -0.4 is 4.90 Å². The summed E-state index contributed by atoms with van der Waals surface area (Å²) < 4.78 is 45.0. The second-order valence-corrected chi connectivity index (χ2v) is 13.9. The Hall–Kier alpha value is -6.69. The highest BCUT2D eigenvalue weighted by atomic mass is 32.1. The molecular formula is C47H28N4S. The molecule has 10 aromatic rings. The molecule has 0 saturated heterocycles. The van der Waals surface area contributed by atoms with Gasteiger partial charge in [-0.05, 0) is 52.7 Å². The van der Waals surface area contributed by atoms with Gasteiger partial charge in [-0.3, -0.25) is 0 Å². The van der Waals surface area contributed by atoms with Crippen molar-refractivity contribution in [2.45, 2.75) is 0 Å². The average molecular weight is 686 g/mol. The Morgan fingerprint density at radius 2 is 1.08 bits per heavy atom. The molecule has 5 heteroatoms. The summed E-state index contributed by atoms with van der Waals surface area (Å²) >= 11 is 1.68. The van der Waals surface area contributed by atoms with Crippen LogP contribution in [0, 0.1) is 0 Å². The van der Waals surface area contributed by atoms with Gasteiger partial charge in [0, 0.05) is 53.2 Å². The van der Waals surface area contributed by atoms with Crippen LogP contribution in [0.2, 0.25) is 0 Å². The first-order valence-electron chi connectivity index (χ1n) is 19.5. The molecule has 0 bridgehead atoms. The second kappa shape index (κ2) is 11.4. The summed E-state index contributed by atoms with van der Waals surface area (Å²) in [6.45, 7) is 0. The number of thiophene rings is 1. The SMILES string of the molecule is [2H]c1c([2H])c([2H])c(-c2nc(-c3ccc4c(c3)sc3ccccc34)nc(-c3ccc4cccc(N5c6ccccc6-c6cccc7cccc5c67)c4c3)n2)c([2H])c1[2H]. The van der Waals surface area contributed by atoms with Crippen LogP contribution in [0.4, 0.5) is 17.1 Å². The Kier molecular flexibility index (Phi) is 5.37. The molecule has 4 nitrogen and oxygen atoms in total. The molecule has 8 aromatic carbocycles. The molecular weight excluding hydrogens is 653 g/mol. The first-order valence-corrected chi connectivity index (χ1v) is 17.9. The summed E-state index contributed by atoms with van der Waals surface area (Å²) in [5.41, 5.74) is 6.83. The number of benzene rings is 8. The van der Waals surface area contributed by atoms with Gasteiger partial charge in [0.1, 0.15) is 0 Å². The van der Waals surface area contributed by atoms with Crippen molar-refractivity contribution in [1.29, 1.82) is 0 Å². The van der Waals surface area contributed by atoms with Gasteiger partial charge in [0.05, 0.1) is 23.9 Å². The largest absolute Gasteiger partial charge is 0.309 e. The molecule has 1 aliphatic heterocycles. The normalized spacial score (nSPS) is 13.5. The second-order valence-electron chi connectivity index (χ2n) is 12.9. The Morgan fingerprint density at radius 1 is 0.442 bits per heavy atom. The predicted molar refractivity (Wildman–Crippen MR) is 218 cm³/mol. The fourth-order valence-corrected chi connectivity index (χ4v) is 8.73. The van der Waals surface area contributed by atoms with E-state index in [1.807, 2.05) is 24.3 Å². The fraction of sp³-hybridized carbons (Fsp3) is 0. The maximum Gasteiger partial charge on any atom is 0.164 e. The zero-order chi connectivity index (χ0) is 38.5. The van der Waals surface area contributed by atoms with Crippen molar-refractivity contribution in [2.24, 2.45) is 0 Å². The molecule has 11 rings (SSSR count). The van der Waals surface area contributed by atoms with Gasteiger partial charge in [0.25, 0.3) is 0 Å². The maximum atomic E-state index is 8.82. The van der Waals surface area contributed by atoms with Crippen LogP contribution in [0.5, 0.6) is 0 Å². The van der Waals surface area contributed by atoms with E-state index in [-0.39, 0.29) is 23.5 Å². The molecule has 3 heterocycles. The summed E-state index contributed by atoms with van der Waals surface area (Å²) in [5, 5.41) is 6.64.